The van der Waals surface area contributed by atoms with Crippen molar-refractivity contribution in [2.45, 2.75) is 73.1 Å². The van der Waals surface area contributed by atoms with Crippen LogP contribution < -0.4 is 9.04 Å². The summed E-state index contributed by atoms with van der Waals surface area (Å²) in [6, 6.07) is 7.85. The first-order valence-corrected chi connectivity index (χ1v) is 16.8. The summed E-state index contributed by atoms with van der Waals surface area (Å²) in [5.41, 5.74) is 3.14. The second kappa shape index (κ2) is 25.7. The molecule has 1 amide bonds. The maximum absolute atomic E-state index is 15.1. The van der Waals surface area contributed by atoms with E-state index in [1.807, 2.05) is 46.9 Å². The predicted molar refractivity (Wildman–Crippen MR) is 187 cm³/mol. The van der Waals surface area contributed by atoms with Gasteiger partial charge < -0.3 is 19.5 Å². The van der Waals surface area contributed by atoms with Gasteiger partial charge in [0.2, 0.25) is 5.91 Å². The molecule has 12 heteroatoms. The molecule has 7 nitrogen and oxygen atoms in total. The maximum Gasteiger partial charge on any atom is 0.219 e. The van der Waals surface area contributed by atoms with E-state index in [4.69, 9.17) is 33.0 Å². The molecule has 246 valence electrons. The minimum atomic E-state index is -0.512. The fourth-order valence-corrected chi connectivity index (χ4v) is 5.18. The number of allylic oxidation sites excluding steroid dienone is 1. The first-order chi connectivity index (χ1) is 21.2. The molecule has 0 saturated carbocycles. The average Bonchev–Trinajstić information content (AvgIpc) is 3.57. The number of hydrogen-bond donors (Lipinski definition) is 1. The van der Waals surface area contributed by atoms with E-state index in [0.29, 0.717) is 52.9 Å². The Balaban J connectivity index is 0. The SMILES string of the molecule is C=C(C)N(Sc1cc(Cl)c(Oc2ccc(Cl)cc2CCCN(CC=O)C(C)=O)cc1F)c1cscn1.CC.CC.CC.CO. The molecule has 0 aliphatic heterocycles. The predicted octanol–water partition coefficient (Wildman–Crippen LogP) is 10.1. The molecular formula is C32H46Cl2FN3O4S2. The zero-order valence-electron chi connectivity index (χ0n) is 27.1. The molecule has 1 N–H and O–H groups in total. The van der Waals surface area contributed by atoms with Crippen LogP contribution in [0.25, 0.3) is 0 Å². The lowest BCUT2D eigenvalue weighted by Crippen LogP contribution is -2.31. The summed E-state index contributed by atoms with van der Waals surface area (Å²) in [7, 11) is 1.00. The van der Waals surface area contributed by atoms with Gasteiger partial charge in [-0.05, 0) is 61.5 Å². The van der Waals surface area contributed by atoms with Gasteiger partial charge >= 0.3 is 0 Å². The number of anilines is 1. The summed E-state index contributed by atoms with van der Waals surface area (Å²) < 4.78 is 22.8. The number of aromatic nitrogens is 1. The van der Waals surface area contributed by atoms with Crippen molar-refractivity contribution in [3.63, 3.8) is 0 Å². The minimum Gasteiger partial charge on any atom is -0.455 e. The van der Waals surface area contributed by atoms with Crippen molar-refractivity contribution in [2.24, 2.45) is 0 Å². The van der Waals surface area contributed by atoms with Gasteiger partial charge in [0.25, 0.3) is 0 Å². The van der Waals surface area contributed by atoms with Gasteiger partial charge in [-0.1, -0.05) is 71.3 Å². The highest BCUT2D eigenvalue weighted by atomic mass is 35.5. The maximum atomic E-state index is 15.1. The number of rotatable bonds is 12. The zero-order chi connectivity index (χ0) is 34.2. The van der Waals surface area contributed by atoms with Crippen LogP contribution in [-0.2, 0) is 16.0 Å². The van der Waals surface area contributed by atoms with Crippen LogP contribution in [0.2, 0.25) is 10.0 Å². The summed E-state index contributed by atoms with van der Waals surface area (Å²) in [6.07, 6.45) is 1.79. The second-order valence-corrected chi connectivity index (χ2v) is 10.3. The summed E-state index contributed by atoms with van der Waals surface area (Å²) >= 11 is 15.2. The summed E-state index contributed by atoms with van der Waals surface area (Å²) in [5.74, 6) is 0.587. The van der Waals surface area contributed by atoms with Gasteiger partial charge in [-0.2, -0.15) is 0 Å². The quantitative estimate of drug-likeness (QED) is 0.150. The van der Waals surface area contributed by atoms with Gasteiger partial charge in [-0.15, -0.1) is 11.3 Å². The molecule has 0 radical (unpaired) electrons. The lowest BCUT2D eigenvalue weighted by Gasteiger charge is -2.21. The minimum absolute atomic E-state index is 0.0404. The Morgan fingerprint density at radius 3 is 2.25 bits per heavy atom. The number of benzene rings is 2. The number of ether oxygens (including phenoxy) is 1. The molecule has 0 unspecified atom stereocenters. The number of aliphatic hydroxyl groups excluding tert-OH is 1. The standard InChI is InChI=1S/C25H24Cl2FN3O3S2.3C2H6.CH4O/c1-16(2)31(25-14-35-15-29-25)36-24-12-20(27)23(13-21(24)28)34-22-7-6-19(26)11-18(22)5-4-8-30(9-10-32)17(3)33;4*1-2/h6-7,10-15H,1,4-5,8-9H2,2-3H3;3*1-2H3;2H,1H3. The highest BCUT2D eigenvalue weighted by Crippen LogP contribution is 2.40. The number of carbonyl (C=O) groups is 2. The number of amides is 1. The van der Waals surface area contributed by atoms with Gasteiger partial charge in [0, 0.05) is 42.7 Å². The molecule has 0 saturated heterocycles. The number of halogens is 3. The van der Waals surface area contributed by atoms with Crippen molar-refractivity contribution in [3.05, 3.63) is 74.9 Å². The molecule has 3 aromatic rings. The Morgan fingerprint density at radius 2 is 1.73 bits per heavy atom. The summed E-state index contributed by atoms with van der Waals surface area (Å²) in [5, 5.41) is 9.59. The third-order valence-corrected chi connectivity index (χ3v) is 7.30. The normalized spacial score (nSPS) is 9.30. The van der Waals surface area contributed by atoms with Gasteiger partial charge in [0.05, 0.1) is 22.0 Å². The Kier molecular flexibility index (Phi) is 25.4. The van der Waals surface area contributed by atoms with Crippen molar-refractivity contribution in [1.82, 2.24) is 9.88 Å². The van der Waals surface area contributed by atoms with Crippen LogP contribution in [0.5, 0.6) is 11.5 Å². The van der Waals surface area contributed by atoms with Crippen LogP contribution in [-0.4, -0.2) is 47.4 Å². The third-order valence-electron chi connectivity index (χ3n) is 5.01. The Bertz CT molecular complexity index is 1250. The summed E-state index contributed by atoms with van der Waals surface area (Å²) in [4.78, 5) is 28.5. The number of aliphatic hydroxyl groups is 1. The largest absolute Gasteiger partial charge is 0.455 e. The van der Waals surface area contributed by atoms with Crippen molar-refractivity contribution in [3.8, 4) is 11.5 Å². The van der Waals surface area contributed by atoms with E-state index in [-0.39, 0.29) is 23.2 Å². The smallest absolute Gasteiger partial charge is 0.219 e. The lowest BCUT2D eigenvalue weighted by molar-refractivity contribution is -0.131. The third kappa shape index (κ3) is 14.9. The average molecular weight is 691 g/mol. The number of thiazole rings is 1. The van der Waals surface area contributed by atoms with Crippen molar-refractivity contribution >= 4 is 64.5 Å². The van der Waals surface area contributed by atoms with Crippen molar-refractivity contribution in [2.75, 3.05) is 24.5 Å². The Hall–Kier alpha value is -2.63. The number of hydrogen-bond acceptors (Lipinski definition) is 8. The molecule has 0 aliphatic rings. The van der Waals surface area contributed by atoms with Crippen LogP contribution in [0.15, 0.2) is 58.4 Å². The highest BCUT2D eigenvalue weighted by Gasteiger charge is 2.18. The van der Waals surface area contributed by atoms with Crippen LogP contribution >= 0.6 is 46.5 Å². The summed E-state index contributed by atoms with van der Waals surface area (Å²) in [6.45, 7) is 19.6. The van der Waals surface area contributed by atoms with Gasteiger partial charge in [-0.3, -0.25) is 9.10 Å². The Labute approximate surface area is 281 Å². The topological polar surface area (TPSA) is 83.0 Å². The van der Waals surface area contributed by atoms with Crippen LogP contribution in [0, 0.1) is 5.82 Å². The van der Waals surface area contributed by atoms with E-state index in [0.717, 1.165) is 24.6 Å². The van der Waals surface area contributed by atoms with Crippen LogP contribution in [0.4, 0.5) is 10.2 Å². The molecule has 0 fully saturated rings. The van der Waals surface area contributed by atoms with Crippen LogP contribution in [0.3, 0.4) is 0 Å². The molecule has 0 bridgehead atoms. The number of aldehydes is 1. The molecule has 0 aliphatic carbocycles. The molecule has 1 aromatic heterocycles. The van der Waals surface area contributed by atoms with Crippen molar-refractivity contribution in [1.29, 1.82) is 0 Å². The molecule has 44 heavy (non-hydrogen) atoms. The molecule has 3 rings (SSSR count). The Morgan fingerprint density at radius 1 is 1.09 bits per heavy atom. The van der Waals surface area contributed by atoms with E-state index in [1.165, 1.54) is 35.3 Å². The monoisotopic (exact) mass is 689 g/mol. The fraction of sp³-hybridized carbons (Fsp3) is 0.406. The van der Waals surface area contributed by atoms with E-state index in [2.05, 4.69) is 11.6 Å². The van der Waals surface area contributed by atoms with E-state index < -0.39 is 5.82 Å². The molecule has 1 heterocycles. The van der Waals surface area contributed by atoms with Crippen molar-refractivity contribution < 1.29 is 23.8 Å². The number of carbonyl (C=O) groups excluding carboxylic acids is 2. The second-order valence-electron chi connectivity index (χ2n) is 7.77. The van der Waals surface area contributed by atoms with E-state index in [9.17, 15) is 9.59 Å². The van der Waals surface area contributed by atoms with E-state index in [1.54, 1.807) is 34.9 Å². The van der Waals surface area contributed by atoms with Gasteiger partial charge in [0.15, 0.2) is 5.82 Å². The first-order valence-electron chi connectivity index (χ1n) is 14.3. The highest BCUT2D eigenvalue weighted by molar-refractivity contribution is 8.00. The van der Waals surface area contributed by atoms with Crippen LogP contribution in [0.1, 0.15) is 67.4 Å². The zero-order valence-corrected chi connectivity index (χ0v) is 30.3. The first kappa shape index (κ1) is 43.5. The molecule has 0 atom stereocenters. The number of nitrogens with zero attached hydrogens (tertiary/aromatic N) is 3. The van der Waals surface area contributed by atoms with E-state index >= 15 is 4.39 Å². The molecule has 2 aromatic carbocycles. The van der Waals surface area contributed by atoms with Gasteiger partial charge in [-0.25, -0.2) is 9.37 Å². The fourth-order valence-electron chi connectivity index (χ4n) is 3.27. The molecule has 0 spiro atoms. The number of aryl methyl sites for hydroxylation is 1. The molecular weight excluding hydrogens is 644 g/mol. The lowest BCUT2D eigenvalue weighted by atomic mass is 10.1. The van der Waals surface area contributed by atoms with Gasteiger partial charge in [0.1, 0.15) is 23.6 Å².